The Kier molecular flexibility index (Phi) is 6.03. The van der Waals surface area contributed by atoms with Crippen molar-refractivity contribution >= 4 is 45.7 Å². The van der Waals surface area contributed by atoms with E-state index in [0.29, 0.717) is 36.3 Å². The monoisotopic (exact) mass is 424 g/mol. The normalized spacial score (nSPS) is 10.8. The quantitative estimate of drug-likeness (QED) is 0.413. The van der Waals surface area contributed by atoms with Crippen LogP contribution in [0.2, 0.25) is 10.3 Å². The number of nitrogens with zero attached hydrogens (tertiary/aromatic N) is 4. The van der Waals surface area contributed by atoms with Crippen LogP contribution in [0, 0.1) is 0 Å². The third-order valence-electron chi connectivity index (χ3n) is 4.29. The molecule has 29 heavy (non-hydrogen) atoms. The number of nitrogens with one attached hydrogen (secondary N) is 2. The van der Waals surface area contributed by atoms with E-state index in [2.05, 4.69) is 30.6 Å². The Hall–Kier alpha value is -2.96. The van der Waals surface area contributed by atoms with Gasteiger partial charge in [0.15, 0.2) is 0 Å². The van der Waals surface area contributed by atoms with Gasteiger partial charge in [0.1, 0.15) is 5.82 Å². The molecule has 0 radical (unpaired) electrons. The first-order valence-electron chi connectivity index (χ1n) is 9.14. The molecule has 0 aliphatic carbocycles. The van der Waals surface area contributed by atoms with E-state index in [0.717, 1.165) is 22.2 Å². The maximum atomic E-state index is 6.07. The zero-order valence-corrected chi connectivity index (χ0v) is 17.0. The number of halogens is 2. The van der Waals surface area contributed by atoms with Crippen LogP contribution in [0.5, 0.6) is 0 Å². The maximum absolute atomic E-state index is 6.07. The van der Waals surface area contributed by atoms with Gasteiger partial charge in [0.25, 0.3) is 0 Å². The minimum Gasteiger partial charge on any atom is -0.383 e. The highest BCUT2D eigenvalue weighted by molar-refractivity contribution is 6.31. The predicted molar refractivity (Wildman–Crippen MR) is 118 cm³/mol. The Bertz CT molecular complexity index is 1120. The van der Waals surface area contributed by atoms with Gasteiger partial charge < -0.3 is 10.6 Å². The number of rotatable bonds is 7. The Balaban J connectivity index is 1.37. The van der Waals surface area contributed by atoms with Gasteiger partial charge in [-0.05, 0) is 41.4 Å². The molecule has 0 bridgehead atoms. The average Bonchev–Trinajstić information content (AvgIpc) is 2.71. The lowest BCUT2D eigenvalue weighted by atomic mass is 10.1. The van der Waals surface area contributed by atoms with Crippen molar-refractivity contribution in [2.45, 2.75) is 6.42 Å². The van der Waals surface area contributed by atoms with Gasteiger partial charge in [-0.15, -0.1) is 0 Å². The van der Waals surface area contributed by atoms with Crippen LogP contribution < -0.4 is 10.6 Å². The van der Waals surface area contributed by atoms with Crippen molar-refractivity contribution in [3.05, 3.63) is 82.5 Å². The van der Waals surface area contributed by atoms with E-state index in [9.17, 15) is 0 Å². The molecule has 0 atom stereocenters. The molecule has 0 amide bonds. The standard InChI is InChI=1S/C21H18Cl2N6/c22-15-6-7-16-17(8-9-24-18(16)13-15)25-10-11-26-21-28-19(27-20(23)29-21)12-14-4-2-1-3-5-14/h1-9,13H,10-12H2,(H,24,25)(H,26,27,28,29). The molecule has 0 spiro atoms. The molecule has 8 heteroatoms. The van der Waals surface area contributed by atoms with E-state index in [1.165, 1.54) is 0 Å². The topological polar surface area (TPSA) is 75.6 Å². The number of hydrogen-bond donors (Lipinski definition) is 2. The van der Waals surface area contributed by atoms with Crippen LogP contribution in [-0.2, 0) is 6.42 Å². The van der Waals surface area contributed by atoms with Crippen LogP contribution in [0.4, 0.5) is 11.6 Å². The fourth-order valence-electron chi connectivity index (χ4n) is 2.97. The van der Waals surface area contributed by atoms with Crippen molar-refractivity contribution in [3.63, 3.8) is 0 Å². The van der Waals surface area contributed by atoms with Crippen molar-refractivity contribution in [3.8, 4) is 0 Å². The lowest BCUT2D eigenvalue weighted by Crippen LogP contribution is -2.16. The molecule has 0 aliphatic heterocycles. The molecular formula is C21H18Cl2N6. The fourth-order valence-corrected chi connectivity index (χ4v) is 3.32. The first kappa shape index (κ1) is 19.4. The Morgan fingerprint density at radius 2 is 1.66 bits per heavy atom. The molecule has 0 aliphatic rings. The summed E-state index contributed by atoms with van der Waals surface area (Å²) in [6, 6.07) is 17.6. The molecule has 4 rings (SSSR count). The first-order chi connectivity index (χ1) is 14.2. The summed E-state index contributed by atoms with van der Waals surface area (Å²) < 4.78 is 0. The van der Waals surface area contributed by atoms with Gasteiger partial charge in [-0.25, -0.2) is 4.98 Å². The summed E-state index contributed by atoms with van der Waals surface area (Å²) in [4.78, 5) is 17.2. The molecule has 4 aromatic rings. The first-order valence-corrected chi connectivity index (χ1v) is 9.89. The summed E-state index contributed by atoms with van der Waals surface area (Å²) in [5, 5.41) is 8.46. The highest BCUT2D eigenvalue weighted by Gasteiger charge is 2.06. The summed E-state index contributed by atoms with van der Waals surface area (Å²) in [7, 11) is 0. The highest BCUT2D eigenvalue weighted by Crippen LogP contribution is 2.24. The van der Waals surface area contributed by atoms with E-state index in [1.807, 2.05) is 54.6 Å². The molecule has 2 heterocycles. The van der Waals surface area contributed by atoms with E-state index < -0.39 is 0 Å². The minimum atomic E-state index is 0.179. The zero-order chi connectivity index (χ0) is 20.1. The van der Waals surface area contributed by atoms with Crippen LogP contribution in [0.1, 0.15) is 11.4 Å². The molecular weight excluding hydrogens is 407 g/mol. The molecule has 0 saturated heterocycles. The van der Waals surface area contributed by atoms with Gasteiger partial charge in [0, 0.05) is 41.8 Å². The smallest absolute Gasteiger partial charge is 0.227 e. The summed E-state index contributed by atoms with van der Waals surface area (Å²) in [5.74, 6) is 1.09. The van der Waals surface area contributed by atoms with Gasteiger partial charge in [-0.2, -0.15) is 9.97 Å². The van der Waals surface area contributed by atoms with E-state index in [-0.39, 0.29) is 5.28 Å². The number of aromatic nitrogens is 4. The molecule has 0 saturated carbocycles. The average molecular weight is 425 g/mol. The van der Waals surface area contributed by atoms with Crippen molar-refractivity contribution in [1.29, 1.82) is 0 Å². The third-order valence-corrected chi connectivity index (χ3v) is 4.69. The second-order valence-electron chi connectivity index (χ2n) is 6.38. The number of fused-ring (bicyclic) bond motifs is 1. The van der Waals surface area contributed by atoms with Crippen molar-refractivity contribution in [2.75, 3.05) is 23.7 Å². The second kappa shape index (κ2) is 9.03. The largest absolute Gasteiger partial charge is 0.383 e. The Morgan fingerprint density at radius 3 is 2.52 bits per heavy atom. The van der Waals surface area contributed by atoms with E-state index in [4.69, 9.17) is 23.2 Å². The Morgan fingerprint density at radius 1 is 0.828 bits per heavy atom. The SMILES string of the molecule is Clc1ccc2c(NCCNc3nc(Cl)nc(Cc4ccccc4)n3)ccnc2c1. The minimum absolute atomic E-state index is 0.179. The van der Waals surface area contributed by atoms with Crippen LogP contribution in [0.15, 0.2) is 60.8 Å². The van der Waals surface area contributed by atoms with Crippen molar-refractivity contribution < 1.29 is 0 Å². The summed E-state index contributed by atoms with van der Waals surface area (Å²) >= 11 is 12.1. The van der Waals surface area contributed by atoms with E-state index >= 15 is 0 Å². The van der Waals surface area contributed by atoms with Gasteiger partial charge >= 0.3 is 0 Å². The summed E-state index contributed by atoms with van der Waals surface area (Å²) in [6.45, 7) is 1.28. The molecule has 2 N–H and O–H groups in total. The molecule has 6 nitrogen and oxygen atoms in total. The second-order valence-corrected chi connectivity index (χ2v) is 7.15. The third kappa shape index (κ3) is 5.10. The van der Waals surface area contributed by atoms with Gasteiger partial charge in [-0.3, -0.25) is 4.98 Å². The van der Waals surface area contributed by atoms with Gasteiger partial charge in [0.05, 0.1) is 5.52 Å². The lowest BCUT2D eigenvalue weighted by Gasteiger charge is -2.11. The number of benzene rings is 2. The fraction of sp³-hybridized carbons (Fsp3) is 0.143. The summed E-state index contributed by atoms with van der Waals surface area (Å²) in [6.07, 6.45) is 2.36. The Labute approximate surface area is 178 Å². The molecule has 0 unspecified atom stereocenters. The molecule has 146 valence electrons. The molecule has 0 fully saturated rings. The van der Waals surface area contributed by atoms with Crippen molar-refractivity contribution in [1.82, 2.24) is 19.9 Å². The molecule has 2 aromatic carbocycles. The van der Waals surface area contributed by atoms with Crippen LogP contribution >= 0.6 is 23.2 Å². The van der Waals surface area contributed by atoms with Crippen LogP contribution in [0.3, 0.4) is 0 Å². The zero-order valence-electron chi connectivity index (χ0n) is 15.4. The lowest BCUT2D eigenvalue weighted by molar-refractivity contribution is 0.908. The molecule has 2 aromatic heterocycles. The van der Waals surface area contributed by atoms with Crippen molar-refractivity contribution in [2.24, 2.45) is 0 Å². The van der Waals surface area contributed by atoms with Crippen LogP contribution in [-0.4, -0.2) is 33.0 Å². The van der Waals surface area contributed by atoms with Gasteiger partial charge in [0.2, 0.25) is 11.2 Å². The van der Waals surface area contributed by atoms with Crippen LogP contribution in [0.25, 0.3) is 10.9 Å². The number of hydrogen-bond acceptors (Lipinski definition) is 6. The maximum Gasteiger partial charge on any atom is 0.227 e. The summed E-state index contributed by atoms with van der Waals surface area (Å²) in [5.41, 5.74) is 2.96. The predicted octanol–water partition coefficient (Wildman–Crippen LogP) is 4.84. The highest BCUT2D eigenvalue weighted by atomic mass is 35.5. The van der Waals surface area contributed by atoms with E-state index in [1.54, 1.807) is 6.20 Å². The van der Waals surface area contributed by atoms with Gasteiger partial charge in [-0.1, -0.05) is 41.9 Å². The number of anilines is 2. The number of pyridine rings is 1.